The number of fused-ring (bicyclic) bond motifs is 4. The number of hydrogen-bond acceptors (Lipinski definition) is 2. The molecule has 7 heteroatoms. The highest BCUT2D eigenvalue weighted by molar-refractivity contribution is 6.09. The maximum absolute atomic E-state index is 14.7. The second kappa shape index (κ2) is 17.8. The number of hydrogen-bond donors (Lipinski definition) is 0. The van der Waals surface area contributed by atoms with Crippen molar-refractivity contribution in [1.29, 1.82) is 0 Å². The molecule has 0 saturated carbocycles. The van der Waals surface area contributed by atoms with E-state index in [0.717, 1.165) is 89.3 Å². The summed E-state index contributed by atoms with van der Waals surface area (Å²) in [6, 6.07) is 64.0. The van der Waals surface area contributed by atoms with Crippen molar-refractivity contribution < 1.29 is 13.5 Å². The first-order valence-corrected chi connectivity index (χ1v) is 25.0. The van der Waals surface area contributed by atoms with Gasteiger partial charge < -0.3 is 4.74 Å². The molecular formula is C66H58F2N4O+2. The number of ether oxygens (including phenoxy) is 1. The van der Waals surface area contributed by atoms with Gasteiger partial charge in [-0.2, -0.15) is 0 Å². The number of nitrogens with zero attached hydrogens (tertiary/aromatic N) is 4. The van der Waals surface area contributed by atoms with Crippen LogP contribution in [-0.4, -0.2) is 15.6 Å². The van der Waals surface area contributed by atoms with Crippen LogP contribution in [0.1, 0.15) is 79.0 Å². The number of para-hydroxylation sites is 3. The minimum Gasteiger partial charge on any atom is -0.457 e. The van der Waals surface area contributed by atoms with Crippen LogP contribution in [0.4, 0.5) is 31.5 Å². The molecule has 0 N–H and O–H groups in total. The molecule has 10 aromatic rings. The molecule has 0 atom stereocenters. The molecule has 1 aliphatic heterocycles. The largest absolute Gasteiger partial charge is 0.503 e. The van der Waals surface area contributed by atoms with Gasteiger partial charge in [-0.05, 0) is 137 Å². The monoisotopic (exact) mass is 960 g/mol. The van der Waals surface area contributed by atoms with Gasteiger partial charge in [-0.1, -0.05) is 141 Å². The van der Waals surface area contributed by atoms with E-state index in [0.29, 0.717) is 11.5 Å². The van der Waals surface area contributed by atoms with Crippen molar-refractivity contribution in [3.05, 3.63) is 217 Å². The van der Waals surface area contributed by atoms with E-state index in [-0.39, 0.29) is 27.9 Å². The predicted octanol–water partition coefficient (Wildman–Crippen LogP) is 18.0. The van der Waals surface area contributed by atoms with Crippen LogP contribution in [-0.2, 0) is 16.2 Å². The van der Waals surface area contributed by atoms with E-state index < -0.39 is 0 Å². The predicted molar refractivity (Wildman–Crippen MR) is 298 cm³/mol. The summed E-state index contributed by atoms with van der Waals surface area (Å²) >= 11 is 0. The minimum absolute atomic E-state index is 0.0173. The van der Waals surface area contributed by atoms with E-state index in [4.69, 9.17) is 9.72 Å². The van der Waals surface area contributed by atoms with E-state index >= 15 is 0 Å². The third kappa shape index (κ3) is 8.96. The molecule has 0 bridgehead atoms. The van der Waals surface area contributed by atoms with E-state index in [1.165, 1.54) is 35.4 Å². The van der Waals surface area contributed by atoms with Crippen molar-refractivity contribution in [3.63, 3.8) is 0 Å². The van der Waals surface area contributed by atoms with Crippen molar-refractivity contribution in [2.75, 3.05) is 0 Å². The summed E-state index contributed by atoms with van der Waals surface area (Å²) in [5, 5.41) is 2.24. The first kappa shape index (κ1) is 47.1. The van der Waals surface area contributed by atoms with Crippen LogP contribution in [0.2, 0.25) is 0 Å². The number of rotatable bonds is 8. The fourth-order valence-electron chi connectivity index (χ4n) is 9.93. The van der Waals surface area contributed by atoms with Crippen molar-refractivity contribution in [1.82, 2.24) is 18.7 Å². The molecule has 0 aliphatic carbocycles. The van der Waals surface area contributed by atoms with Crippen molar-refractivity contribution in [3.8, 4) is 50.7 Å². The zero-order valence-electron chi connectivity index (χ0n) is 42.9. The molecule has 0 radical (unpaired) electrons. The Hall–Kier alpha value is -8.25. The third-order valence-electron chi connectivity index (χ3n) is 14.0. The van der Waals surface area contributed by atoms with Crippen LogP contribution >= 0.6 is 0 Å². The number of halogens is 2. The van der Waals surface area contributed by atoms with Crippen molar-refractivity contribution in [2.24, 2.45) is 0 Å². The summed E-state index contributed by atoms with van der Waals surface area (Å²) in [4.78, 5) is 4.92. The molecule has 0 saturated heterocycles. The quantitative estimate of drug-likeness (QED) is 0.142. The van der Waals surface area contributed by atoms with E-state index in [1.807, 2.05) is 48.7 Å². The van der Waals surface area contributed by atoms with E-state index in [2.05, 4.69) is 197 Å². The average molecular weight is 961 g/mol. The summed E-state index contributed by atoms with van der Waals surface area (Å²) in [5.74, 6) is 1.54. The summed E-state index contributed by atoms with van der Waals surface area (Å²) in [7, 11) is 0. The molecule has 11 rings (SSSR count). The second-order valence-corrected chi connectivity index (χ2v) is 22.3. The zero-order valence-corrected chi connectivity index (χ0v) is 42.9. The minimum atomic E-state index is -0.317. The first-order chi connectivity index (χ1) is 34.9. The van der Waals surface area contributed by atoms with Crippen LogP contribution in [0.15, 0.2) is 188 Å². The third-order valence-corrected chi connectivity index (χ3v) is 14.0. The maximum atomic E-state index is 14.7. The summed E-state index contributed by atoms with van der Waals surface area (Å²) < 4.78 is 42.8. The SMILES string of the molecule is CC(C)(C)c1ccc(-c2cc(Oc3ccc4c5ccccc5n(-c5cc(C(C)(C)C)ccn5)c4c3)cc([N+]3=C=[N+](c4c(-c5ccc(F)cc5)cc(C(C)(C)C)cc4-c4ccc(F)cc4)c4ccccc43)c2)cc1. The Morgan fingerprint density at radius 3 is 1.63 bits per heavy atom. The smallest absolute Gasteiger partial charge is 0.457 e. The lowest BCUT2D eigenvalue weighted by molar-refractivity contribution is 0.483. The van der Waals surface area contributed by atoms with Crippen LogP contribution in [0.5, 0.6) is 11.5 Å². The molecule has 0 fully saturated rings. The molecule has 3 heterocycles. The molecule has 1 aliphatic rings. The molecule has 2 aromatic heterocycles. The normalized spacial score (nSPS) is 12.8. The van der Waals surface area contributed by atoms with Crippen LogP contribution in [0.3, 0.4) is 0 Å². The Morgan fingerprint density at radius 2 is 1.01 bits per heavy atom. The average Bonchev–Trinajstić information content (AvgIpc) is 3.92. The lowest BCUT2D eigenvalue weighted by Gasteiger charge is -2.22. The highest BCUT2D eigenvalue weighted by Gasteiger charge is 2.40. The Kier molecular flexibility index (Phi) is 11.5. The molecule has 0 spiro atoms. The molecule has 0 unspecified atom stereocenters. The van der Waals surface area contributed by atoms with Crippen LogP contribution in [0.25, 0.3) is 61.0 Å². The lowest BCUT2D eigenvalue weighted by atomic mass is 9.82. The van der Waals surface area contributed by atoms with E-state index in [9.17, 15) is 8.78 Å². The second-order valence-electron chi connectivity index (χ2n) is 22.3. The Bertz CT molecular complexity index is 3790. The van der Waals surface area contributed by atoms with Crippen LogP contribution in [0, 0.1) is 11.6 Å². The van der Waals surface area contributed by atoms with E-state index in [1.54, 1.807) is 0 Å². The number of benzene rings is 8. The van der Waals surface area contributed by atoms with Gasteiger partial charge in [-0.25, -0.2) is 13.8 Å². The standard InChI is InChI=1S/C66H58F2N4O/c1-64(2,3)46-24-18-42(19-25-46)45-34-51(39-53(35-45)73-52-30-31-55-54-14-10-11-15-58(54)72(61(55)40-52)62-38-47(32-33-69-62)65(4,5)6)70-41-71(60-17-13-12-16-59(60)70)63-56(43-20-26-49(67)27-21-43)36-48(66(7,8)9)37-57(63)44-22-28-50(68)29-23-44/h10-40H,1-9H3/q+2. The van der Waals surface area contributed by atoms with Gasteiger partial charge in [-0.3, -0.25) is 4.57 Å². The Balaban J connectivity index is 1.14. The van der Waals surface area contributed by atoms with Gasteiger partial charge in [-0.15, -0.1) is 0 Å². The molecular weight excluding hydrogens is 903 g/mol. The molecule has 73 heavy (non-hydrogen) atoms. The van der Waals surface area contributed by atoms with Gasteiger partial charge in [0.15, 0.2) is 0 Å². The Labute approximate surface area is 426 Å². The number of pyridine rings is 1. The molecule has 8 aromatic carbocycles. The highest BCUT2D eigenvalue weighted by atomic mass is 19.1. The topological polar surface area (TPSA) is 33.1 Å². The summed E-state index contributed by atoms with van der Waals surface area (Å²) in [6.07, 6.45) is 1.90. The van der Waals surface area contributed by atoms with Gasteiger partial charge in [0, 0.05) is 41.2 Å². The van der Waals surface area contributed by atoms with Gasteiger partial charge in [0.1, 0.15) is 29.0 Å². The summed E-state index contributed by atoms with van der Waals surface area (Å²) in [5.41, 5.74) is 14.2. The van der Waals surface area contributed by atoms with Crippen LogP contribution < -0.4 is 13.9 Å². The summed E-state index contributed by atoms with van der Waals surface area (Å²) in [6.45, 7) is 19.9. The van der Waals surface area contributed by atoms with Gasteiger partial charge in [0.2, 0.25) is 11.4 Å². The lowest BCUT2D eigenvalue weighted by Crippen LogP contribution is -2.13. The molecule has 360 valence electrons. The maximum Gasteiger partial charge on any atom is 0.503 e. The molecule has 0 amide bonds. The molecule has 5 nitrogen and oxygen atoms in total. The van der Waals surface area contributed by atoms with Crippen molar-refractivity contribution >= 4 is 50.6 Å². The highest BCUT2D eigenvalue weighted by Crippen LogP contribution is 2.48. The van der Waals surface area contributed by atoms with Gasteiger partial charge >= 0.3 is 6.01 Å². The number of aromatic nitrogens is 2. The fourth-order valence-corrected chi connectivity index (χ4v) is 9.93. The fraction of sp³-hybridized carbons (Fsp3) is 0.182. The van der Waals surface area contributed by atoms with Gasteiger partial charge in [0.05, 0.1) is 28.2 Å². The van der Waals surface area contributed by atoms with Gasteiger partial charge in [0.25, 0.3) is 11.4 Å². The first-order valence-electron chi connectivity index (χ1n) is 25.0. The Morgan fingerprint density at radius 1 is 0.452 bits per heavy atom. The van der Waals surface area contributed by atoms with Crippen molar-refractivity contribution in [2.45, 2.75) is 78.6 Å². The zero-order chi connectivity index (χ0) is 51.0.